The van der Waals surface area contributed by atoms with Gasteiger partial charge in [0.05, 0.1) is 36.8 Å². The minimum atomic E-state index is -0.661. The molecule has 4 heterocycles. The summed E-state index contributed by atoms with van der Waals surface area (Å²) in [7, 11) is 1.99. The maximum absolute atomic E-state index is 15.1. The van der Waals surface area contributed by atoms with E-state index in [2.05, 4.69) is 43.7 Å². The van der Waals surface area contributed by atoms with Crippen LogP contribution in [-0.2, 0) is 11.3 Å². The molecule has 3 aromatic rings. The number of anilines is 2. The first-order chi connectivity index (χ1) is 16.9. The van der Waals surface area contributed by atoms with E-state index in [1.165, 1.54) is 6.07 Å². The van der Waals surface area contributed by atoms with Gasteiger partial charge in [-0.15, -0.1) is 10.2 Å². The van der Waals surface area contributed by atoms with E-state index in [0.29, 0.717) is 42.7 Å². The average molecular weight is 483 g/mol. The number of rotatable bonds is 7. The summed E-state index contributed by atoms with van der Waals surface area (Å²) in [5.74, 6) is 0.459. The molecule has 35 heavy (non-hydrogen) atoms. The molecule has 9 heteroatoms. The molecule has 2 aliphatic rings. The van der Waals surface area contributed by atoms with Gasteiger partial charge >= 0.3 is 0 Å². The second-order valence-electron chi connectivity index (χ2n) is 9.73. The fourth-order valence-corrected chi connectivity index (χ4v) is 4.82. The summed E-state index contributed by atoms with van der Waals surface area (Å²) >= 11 is 0. The second-order valence-corrected chi connectivity index (χ2v) is 9.73. The average Bonchev–Trinajstić information content (AvgIpc) is 3.20. The van der Waals surface area contributed by atoms with Crippen LogP contribution in [0.15, 0.2) is 30.5 Å². The maximum Gasteiger partial charge on any atom is 0.176 e. The zero-order valence-corrected chi connectivity index (χ0v) is 20.5. The number of halogens is 2. The van der Waals surface area contributed by atoms with Crippen molar-refractivity contribution in [2.24, 2.45) is 0 Å². The van der Waals surface area contributed by atoms with Crippen LogP contribution in [0.3, 0.4) is 0 Å². The molecular formula is C26H32F2N6O. The van der Waals surface area contributed by atoms with Gasteiger partial charge in [0.25, 0.3) is 0 Å². The molecule has 0 atom stereocenters. The van der Waals surface area contributed by atoms with Gasteiger partial charge in [-0.3, -0.25) is 4.98 Å². The Hall–Kier alpha value is -2.91. The van der Waals surface area contributed by atoms with Crippen molar-refractivity contribution in [3.05, 3.63) is 42.0 Å². The Bertz CT molecular complexity index is 1180. The molecule has 0 amide bonds. The third-order valence-corrected chi connectivity index (χ3v) is 6.90. The van der Waals surface area contributed by atoms with Crippen LogP contribution in [0.1, 0.15) is 32.4 Å². The normalized spacial score (nSPS) is 17.1. The molecule has 0 aliphatic carbocycles. The second kappa shape index (κ2) is 9.99. The van der Waals surface area contributed by atoms with Gasteiger partial charge in [-0.2, -0.15) is 0 Å². The van der Waals surface area contributed by atoms with Gasteiger partial charge < -0.3 is 19.4 Å². The number of hydrogen-bond donors (Lipinski definition) is 0. The number of fused-ring (bicyclic) bond motifs is 3. The number of benzene rings is 1. The Morgan fingerprint density at radius 3 is 2.66 bits per heavy atom. The summed E-state index contributed by atoms with van der Waals surface area (Å²) in [4.78, 5) is 11.0. The maximum atomic E-state index is 15.1. The van der Waals surface area contributed by atoms with Crippen molar-refractivity contribution in [2.45, 2.75) is 45.5 Å². The molecule has 5 rings (SSSR count). The van der Waals surface area contributed by atoms with Crippen molar-refractivity contribution < 1.29 is 13.5 Å². The lowest BCUT2D eigenvalue weighted by Crippen LogP contribution is -2.36. The van der Waals surface area contributed by atoms with Gasteiger partial charge in [0.2, 0.25) is 0 Å². The number of pyridine rings is 1. The first-order valence-electron chi connectivity index (χ1n) is 12.3. The number of ether oxygens (including phenoxy) is 1. The van der Waals surface area contributed by atoms with Crippen LogP contribution in [0, 0.1) is 5.82 Å². The molecule has 1 aromatic carbocycles. The molecule has 0 radical (unpaired) electrons. The lowest BCUT2D eigenvalue weighted by Gasteiger charge is -2.28. The van der Waals surface area contributed by atoms with Crippen molar-refractivity contribution in [2.75, 3.05) is 49.8 Å². The van der Waals surface area contributed by atoms with Gasteiger partial charge in [0, 0.05) is 61.5 Å². The van der Waals surface area contributed by atoms with Gasteiger partial charge in [-0.05, 0) is 38.8 Å². The molecule has 0 N–H and O–H groups in total. The quantitative estimate of drug-likeness (QED) is 0.463. The fraction of sp³-hybridized carbons (Fsp3) is 0.500. The first-order valence-corrected chi connectivity index (χ1v) is 12.3. The van der Waals surface area contributed by atoms with Crippen molar-refractivity contribution >= 4 is 22.4 Å². The molecule has 0 unspecified atom stereocenters. The molecule has 0 bridgehead atoms. The van der Waals surface area contributed by atoms with Crippen LogP contribution in [-0.4, -0.2) is 72.3 Å². The largest absolute Gasteiger partial charge is 0.374 e. The number of alkyl halides is 1. The van der Waals surface area contributed by atoms with Crippen LogP contribution >= 0.6 is 0 Å². The zero-order valence-electron chi connectivity index (χ0n) is 20.5. The van der Waals surface area contributed by atoms with Crippen molar-refractivity contribution in [1.29, 1.82) is 0 Å². The summed E-state index contributed by atoms with van der Waals surface area (Å²) in [6.45, 7) is 8.32. The van der Waals surface area contributed by atoms with E-state index in [0.717, 1.165) is 48.9 Å². The molecule has 1 saturated heterocycles. The summed E-state index contributed by atoms with van der Waals surface area (Å²) in [6.07, 6.45) is 2.24. The Morgan fingerprint density at radius 2 is 1.94 bits per heavy atom. The monoisotopic (exact) mass is 482 g/mol. The van der Waals surface area contributed by atoms with Gasteiger partial charge in [0.15, 0.2) is 5.82 Å². The Morgan fingerprint density at radius 1 is 1.14 bits per heavy atom. The number of aromatic nitrogens is 3. The van der Waals surface area contributed by atoms with E-state index in [-0.39, 0.29) is 11.9 Å². The predicted octanol–water partition coefficient (Wildman–Crippen LogP) is 4.40. The lowest BCUT2D eigenvalue weighted by molar-refractivity contribution is 0.0726. The van der Waals surface area contributed by atoms with E-state index in [4.69, 9.17) is 4.74 Å². The topological polar surface area (TPSA) is 57.6 Å². The molecular weight excluding hydrogens is 450 g/mol. The summed E-state index contributed by atoms with van der Waals surface area (Å²) in [6, 6.07) is 7.34. The highest BCUT2D eigenvalue weighted by molar-refractivity contribution is 6.00. The predicted molar refractivity (Wildman–Crippen MR) is 134 cm³/mol. The summed E-state index contributed by atoms with van der Waals surface area (Å²) in [5.41, 5.74) is 3.51. The highest BCUT2D eigenvalue weighted by Crippen LogP contribution is 2.41. The minimum absolute atomic E-state index is 0.274. The van der Waals surface area contributed by atoms with Crippen molar-refractivity contribution in [3.63, 3.8) is 0 Å². The van der Waals surface area contributed by atoms with Crippen molar-refractivity contribution in [3.8, 4) is 11.1 Å². The van der Waals surface area contributed by atoms with Gasteiger partial charge in [-0.1, -0.05) is 6.07 Å². The third-order valence-electron chi connectivity index (χ3n) is 6.90. The number of hydrogen-bond acceptors (Lipinski definition) is 7. The standard InChI is InChI=1S/C26H32F2N6O/c1-17(2)34-16-32(3)26-25(34)22-12-21(23(28)13-24(22)30-31-26)18-4-5-20(29-14-18)15-35-11-10-33-8-6-19(27)7-9-33/h4-5,12-14,17,19H,6-11,15-16H2,1-3H3. The van der Waals surface area contributed by atoms with E-state index < -0.39 is 6.17 Å². The molecule has 1 fully saturated rings. The Balaban J connectivity index is 1.30. The molecule has 0 saturated carbocycles. The lowest BCUT2D eigenvalue weighted by atomic mass is 10.0. The molecule has 7 nitrogen and oxygen atoms in total. The molecule has 0 spiro atoms. The Labute approximate surface area is 204 Å². The van der Waals surface area contributed by atoms with E-state index in [1.54, 1.807) is 6.20 Å². The Kier molecular flexibility index (Phi) is 6.80. The number of likely N-dealkylation sites (tertiary alicyclic amines) is 1. The summed E-state index contributed by atoms with van der Waals surface area (Å²) < 4.78 is 34.1. The minimum Gasteiger partial charge on any atom is -0.374 e. The highest BCUT2D eigenvalue weighted by atomic mass is 19.1. The number of piperidine rings is 1. The van der Waals surface area contributed by atoms with Crippen LogP contribution in [0.2, 0.25) is 0 Å². The molecule has 2 aliphatic heterocycles. The summed E-state index contributed by atoms with van der Waals surface area (Å²) in [5, 5.41) is 9.50. The highest BCUT2D eigenvalue weighted by Gasteiger charge is 2.30. The number of nitrogens with zero attached hydrogens (tertiary/aromatic N) is 6. The fourth-order valence-electron chi connectivity index (χ4n) is 4.82. The van der Waals surface area contributed by atoms with E-state index in [1.807, 2.05) is 25.2 Å². The zero-order chi connectivity index (χ0) is 24.5. The molecule has 186 valence electrons. The molecule has 2 aromatic heterocycles. The van der Waals surface area contributed by atoms with E-state index >= 15 is 4.39 Å². The van der Waals surface area contributed by atoms with Crippen LogP contribution < -0.4 is 9.80 Å². The first kappa shape index (κ1) is 23.8. The van der Waals surface area contributed by atoms with E-state index in [9.17, 15) is 4.39 Å². The van der Waals surface area contributed by atoms with Gasteiger partial charge in [-0.25, -0.2) is 8.78 Å². The third kappa shape index (κ3) is 4.92. The smallest absolute Gasteiger partial charge is 0.176 e. The van der Waals surface area contributed by atoms with Crippen molar-refractivity contribution in [1.82, 2.24) is 20.1 Å². The SMILES string of the molecule is CC(C)N1CN(C)c2nnc3cc(F)c(-c4ccc(COCCN5CCC(F)CC5)nc4)cc3c21. The van der Waals surface area contributed by atoms with Crippen LogP contribution in [0.4, 0.5) is 20.3 Å². The van der Waals surface area contributed by atoms with Gasteiger partial charge in [0.1, 0.15) is 12.0 Å². The van der Waals surface area contributed by atoms with Crippen LogP contribution in [0.5, 0.6) is 0 Å². The van der Waals surface area contributed by atoms with Crippen LogP contribution in [0.25, 0.3) is 22.0 Å².